The van der Waals surface area contributed by atoms with Gasteiger partial charge in [0, 0.05) is 43.7 Å². The van der Waals surface area contributed by atoms with Crippen LogP contribution in [0, 0.1) is 17.0 Å². The number of halogens is 2. The quantitative estimate of drug-likeness (QED) is 0.453. The number of aromatic nitrogens is 2. The summed E-state index contributed by atoms with van der Waals surface area (Å²) in [6.45, 7) is 8.02. The van der Waals surface area contributed by atoms with Crippen LogP contribution >= 0.6 is 0 Å². The summed E-state index contributed by atoms with van der Waals surface area (Å²) >= 11 is 0. The Morgan fingerprint density at radius 1 is 1.05 bits per heavy atom. The lowest BCUT2D eigenvalue weighted by atomic mass is 10.1. The lowest BCUT2D eigenvalue weighted by Gasteiger charge is -2.36. The number of carbonyl (C=O) groups is 1. The van der Waals surface area contributed by atoms with E-state index in [9.17, 15) is 26.8 Å². The third-order valence-electron chi connectivity index (χ3n) is 6.94. The number of piperazine rings is 1. The maximum Gasteiger partial charge on any atom is 0.407 e. The Morgan fingerprint density at radius 3 is 2.23 bits per heavy atom. The molecule has 1 N–H and O–H groups in total. The number of sulfonamides is 1. The molecule has 4 rings (SSSR count). The number of alkyl carbamates (subject to hydrolysis) is 1. The highest BCUT2D eigenvalue weighted by atomic mass is 32.2. The molecule has 2 heterocycles. The van der Waals surface area contributed by atoms with Crippen LogP contribution < -0.4 is 20.5 Å². The number of hydrogen-bond acceptors (Lipinski definition) is 8. The Hall–Kier alpha value is -3.26. The molecule has 0 radical (unpaired) electrons. The highest BCUT2D eigenvalue weighted by molar-refractivity contribution is 7.89. The van der Waals surface area contributed by atoms with Crippen LogP contribution in [0.4, 0.5) is 19.3 Å². The van der Waals surface area contributed by atoms with Crippen LogP contribution in [0.25, 0.3) is 5.69 Å². The standard InChI is InChI=1S/C26H35F2N5O6S/c1-17(2)30-25(35)39-16-26(5-6-26)15-38-23-22(31-7-9-32(10-8-31)40(36,37)18(3)4)14-29-33(24(23)34)21-12-19(27)11-20(28)13-21/h11-14,17-18H,5-10,15-16H2,1-4H3,(H,30,35). The van der Waals surface area contributed by atoms with Gasteiger partial charge in [0.2, 0.25) is 15.8 Å². The summed E-state index contributed by atoms with van der Waals surface area (Å²) in [5.41, 5.74) is -0.967. The first kappa shape index (κ1) is 29.7. The van der Waals surface area contributed by atoms with Crippen molar-refractivity contribution in [2.24, 2.45) is 5.41 Å². The first-order chi connectivity index (χ1) is 18.8. The Labute approximate surface area is 232 Å². The highest BCUT2D eigenvalue weighted by Gasteiger charge is 2.45. The van der Waals surface area contributed by atoms with Gasteiger partial charge in [-0.1, -0.05) is 0 Å². The van der Waals surface area contributed by atoms with Gasteiger partial charge < -0.3 is 19.7 Å². The van der Waals surface area contributed by atoms with Crippen molar-refractivity contribution in [1.82, 2.24) is 19.4 Å². The van der Waals surface area contributed by atoms with E-state index in [-0.39, 0.29) is 56.9 Å². The monoisotopic (exact) mass is 583 g/mol. The molecule has 1 aromatic heterocycles. The Balaban J connectivity index is 1.60. The van der Waals surface area contributed by atoms with Gasteiger partial charge in [-0.25, -0.2) is 22.0 Å². The molecular formula is C26H35F2N5O6S. The molecule has 2 aliphatic rings. The predicted octanol–water partition coefficient (Wildman–Crippen LogP) is 2.66. The van der Waals surface area contributed by atoms with Crippen LogP contribution in [0.3, 0.4) is 0 Å². The topological polar surface area (TPSA) is 123 Å². The minimum Gasteiger partial charge on any atom is -0.485 e. The number of benzene rings is 1. The van der Waals surface area contributed by atoms with E-state index in [1.54, 1.807) is 18.7 Å². The van der Waals surface area contributed by atoms with Crippen molar-refractivity contribution < 1.29 is 31.5 Å². The average Bonchev–Trinajstić information content (AvgIpc) is 3.65. The minimum absolute atomic E-state index is 0.0629. The van der Waals surface area contributed by atoms with E-state index in [1.807, 2.05) is 13.8 Å². The van der Waals surface area contributed by atoms with Crippen molar-refractivity contribution in [2.75, 3.05) is 44.3 Å². The number of amides is 1. The van der Waals surface area contributed by atoms with Gasteiger partial charge in [0.1, 0.15) is 23.9 Å². The van der Waals surface area contributed by atoms with Gasteiger partial charge in [0.05, 0.1) is 23.7 Å². The zero-order valence-electron chi connectivity index (χ0n) is 23.0. The number of carbonyl (C=O) groups excluding carboxylic acids is 1. The van der Waals surface area contributed by atoms with Crippen molar-refractivity contribution in [2.45, 2.75) is 51.8 Å². The van der Waals surface area contributed by atoms with Crippen LogP contribution in [-0.4, -0.2) is 79.3 Å². The third-order valence-corrected chi connectivity index (χ3v) is 9.21. The molecule has 2 fully saturated rings. The fourth-order valence-corrected chi connectivity index (χ4v) is 5.61. The van der Waals surface area contributed by atoms with Crippen LogP contribution in [0.1, 0.15) is 40.5 Å². The molecule has 14 heteroatoms. The molecule has 1 aromatic carbocycles. The van der Waals surface area contributed by atoms with Crippen molar-refractivity contribution in [1.29, 1.82) is 0 Å². The Morgan fingerprint density at radius 2 is 1.68 bits per heavy atom. The molecule has 0 unspecified atom stereocenters. The summed E-state index contributed by atoms with van der Waals surface area (Å²) in [5, 5.41) is 6.24. The summed E-state index contributed by atoms with van der Waals surface area (Å²) in [5.74, 6) is -1.82. The number of nitrogens with one attached hydrogen (secondary N) is 1. The number of nitrogens with zero attached hydrogens (tertiary/aromatic N) is 4. The molecule has 0 spiro atoms. The largest absolute Gasteiger partial charge is 0.485 e. The minimum atomic E-state index is -3.44. The van der Waals surface area contributed by atoms with Crippen molar-refractivity contribution in [3.63, 3.8) is 0 Å². The fraction of sp³-hybridized carbons (Fsp3) is 0.577. The van der Waals surface area contributed by atoms with Gasteiger partial charge in [-0.2, -0.15) is 14.1 Å². The highest BCUT2D eigenvalue weighted by Crippen LogP contribution is 2.46. The molecule has 1 amide bonds. The summed E-state index contributed by atoms with van der Waals surface area (Å²) < 4.78 is 66.8. The molecule has 1 saturated carbocycles. The van der Waals surface area contributed by atoms with Gasteiger partial charge in [-0.15, -0.1) is 0 Å². The van der Waals surface area contributed by atoms with E-state index in [1.165, 1.54) is 10.5 Å². The Kier molecular flexibility index (Phi) is 8.69. The number of hydrogen-bond donors (Lipinski definition) is 1. The average molecular weight is 584 g/mol. The molecule has 0 bridgehead atoms. The van der Waals surface area contributed by atoms with E-state index in [0.29, 0.717) is 11.8 Å². The fourth-order valence-electron chi connectivity index (χ4n) is 4.35. The second kappa shape index (κ2) is 11.7. The number of rotatable bonds is 10. The van der Waals surface area contributed by atoms with Crippen LogP contribution in [0.5, 0.6) is 5.75 Å². The molecule has 1 saturated heterocycles. The molecule has 220 valence electrons. The van der Waals surface area contributed by atoms with Crippen LogP contribution in [0.15, 0.2) is 29.2 Å². The van der Waals surface area contributed by atoms with E-state index < -0.39 is 44.0 Å². The SMILES string of the molecule is CC(C)NC(=O)OCC1(COc2c(N3CCN(S(=O)(=O)C(C)C)CC3)cnn(-c3cc(F)cc(F)c3)c2=O)CC1. The van der Waals surface area contributed by atoms with Crippen molar-refractivity contribution in [3.05, 3.63) is 46.4 Å². The molecule has 11 nitrogen and oxygen atoms in total. The zero-order chi connectivity index (χ0) is 29.2. The zero-order valence-corrected chi connectivity index (χ0v) is 23.8. The van der Waals surface area contributed by atoms with Crippen molar-refractivity contribution >= 4 is 21.8 Å². The summed E-state index contributed by atoms with van der Waals surface area (Å²) in [7, 11) is -3.44. The first-order valence-corrected chi connectivity index (χ1v) is 14.7. The number of ether oxygens (including phenoxy) is 2. The maximum absolute atomic E-state index is 13.9. The lowest BCUT2D eigenvalue weighted by Crippen LogP contribution is -2.50. The predicted molar refractivity (Wildman–Crippen MR) is 144 cm³/mol. The van der Waals surface area contributed by atoms with E-state index in [2.05, 4.69) is 10.4 Å². The van der Waals surface area contributed by atoms with Gasteiger partial charge in [-0.05, 0) is 52.7 Å². The normalized spacial score (nSPS) is 17.2. The van der Waals surface area contributed by atoms with Gasteiger partial charge >= 0.3 is 11.7 Å². The Bertz CT molecular complexity index is 1380. The van der Waals surface area contributed by atoms with Crippen molar-refractivity contribution in [3.8, 4) is 11.4 Å². The molecule has 1 aliphatic carbocycles. The maximum atomic E-state index is 13.9. The van der Waals surface area contributed by atoms with Crippen LogP contribution in [-0.2, 0) is 14.8 Å². The molecule has 0 atom stereocenters. The second-order valence-electron chi connectivity index (χ2n) is 10.8. The number of anilines is 1. The first-order valence-electron chi connectivity index (χ1n) is 13.2. The summed E-state index contributed by atoms with van der Waals surface area (Å²) in [6.07, 6.45) is 2.27. The molecule has 40 heavy (non-hydrogen) atoms. The smallest absolute Gasteiger partial charge is 0.407 e. The second-order valence-corrected chi connectivity index (χ2v) is 13.3. The van der Waals surface area contributed by atoms with Gasteiger partial charge in [-0.3, -0.25) is 4.79 Å². The summed E-state index contributed by atoms with van der Waals surface area (Å²) in [4.78, 5) is 27.4. The third kappa shape index (κ3) is 6.72. The molecular weight excluding hydrogens is 548 g/mol. The van der Waals surface area contributed by atoms with E-state index in [0.717, 1.165) is 29.7 Å². The lowest BCUT2D eigenvalue weighted by molar-refractivity contribution is 0.0974. The van der Waals surface area contributed by atoms with Gasteiger partial charge in [0.25, 0.3) is 0 Å². The molecule has 2 aromatic rings. The van der Waals surface area contributed by atoms with Crippen LogP contribution in [0.2, 0.25) is 0 Å². The van der Waals surface area contributed by atoms with E-state index in [4.69, 9.17) is 9.47 Å². The van der Waals surface area contributed by atoms with E-state index >= 15 is 0 Å². The molecule has 1 aliphatic heterocycles. The summed E-state index contributed by atoms with van der Waals surface area (Å²) in [6, 6.07) is 2.58. The van der Waals surface area contributed by atoms with Gasteiger partial charge in [0.15, 0.2) is 0 Å².